The van der Waals surface area contributed by atoms with Crippen LogP contribution in [0.5, 0.6) is 0 Å². The average molecular weight is 535 g/mol. The van der Waals surface area contributed by atoms with Crippen molar-refractivity contribution in [3.63, 3.8) is 0 Å². The monoisotopic (exact) mass is 534 g/mol. The van der Waals surface area contributed by atoms with E-state index >= 15 is 0 Å². The molecule has 0 unspecified atom stereocenters. The van der Waals surface area contributed by atoms with Crippen molar-refractivity contribution in [1.29, 1.82) is 0 Å². The van der Waals surface area contributed by atoms with Gasteiger partial charge in [-0.1, -0.05) is 44.2 Å². The van der Waals surface area contributed by atoms with E-state index in [-0.39, 0.29) is 35.9 Å². The van der Waals surface area contributed by atoms with Crippen LogP contribution < -0.4 is 5.32 Å². The van der Waals surface area contributed by atoms with Crippen LogP contribution in [-0.4, -0.2) is 67.8 Å². The minimum absolute atomic E-state index is 0.0206. The standard InChI is InChI=1S/C27H38N2O7S/c1-19(2)17-29(37(33,34)22-14-12-21(13-15-22)25(31)35-6)18-24(30)23(16-20-10-8-7-9-11-20)28-26(32)36-27(3,4)5/h7-15,19,23-24,30H,16-18H2,1-6H3,(H,28,32)/t23-,24+/m0/s1. The van der Waals surface area contributed by atoms with Gasteiger partial charge in [0, 0.05) is 13.1 Å². The summed E-state index contributed by atoms with van der Waals surface area (Å²) in [6.07, 6.45) is -1.68. The second kappa shape index (κ2) is 13.0. The molecule has 1 amide bonds. The zero-order valence-electron chi connectivity index (χ0n) is 22.3. The molecule has 2 rings (SSSR count). The van der Waals surface area contributed by atoms with Gasteiger partial charge in [0.25, 0.3) is 0 Å². The molecular weight excluding hydrogens is 496 g/mol. The van der Waals surface area contributed by atoms with E-state index in [0.29, 0.717) is 0 Å². The van der Waals surface area contributed by atoms with Crippen LogP contribution in [0, 0.1) is 5.92 Å². The first-order valence-electron chi connectivity index (χ1n) is 12.1. The van der Waals surface area contributed by atoms with Crippen molar-refractivity contribution in [2.75, 3.05) is 20.2 Å². The van der Waals surface area contributed by atoms with Gasteiger partial charge in [0.1, 0.15) is 5.60 Å². The molecule has 0 saturated heterocycles. The second-order valence-electron chi connectivity index (χ2n) is 10.2. The van der Waals surface area contributed by atoms with E-state index in [1.54, 1.807) is 20.8 Å². The number of esters is 1. The van der Waals surface area contributed by atoms with Gasteiger partial charge in [0.15, 0.2) is 0 Å². The van der Waals surface area contributed by atoms with Crippen LogP contribution in [0.3, 0.4) is 0 Å². The molecule has 0 aliphatic carbocycles. The normalized spacial score (nSPS) is 13.8. The number of sulfonamides is 1. The fourth-order valence-corrected chi connectivity index (χ4v) is 5.28. The molecule has 0 radical (unpaired) electrons. The van der Waals surface area contributed by atoms with Crippen LogP contribution in [0.4, 0.5) is 4.79 Å². The first kappa shape index (κ1) is 30.3. The molecule has 0 aliphatic heterocycles. The van der Waals surface area contributed by atoms with Crippen LogP contribution in [0.25, 0.3) is 0 Å². The number of hydrogen-bond acceptors (Lipinski definition) is 7. The van der Waals surface area contributed by atoms with E-state index in [2.05, 4.69) is 10.1 Å². The molecular formula is C27H38N2O7S. The van der Waals surface area contributed by atoms with Crippen molar-refractivity contribution in [2.45, 2.75) is 63.7 Å². The molecule has 2 atom stereocenters. The number of benzene rings is 2. The molecule has 37 heavy (non-hydrogen) atoms. The Morgan fingerprint density at radius 2 is 1.59 bits per heavy atom. The summed E-state index contributed by atoms with van der Waals surface area (Å²) >= 11 is 0. The highest BCUT2D eigenvalue weighted by Crippen LogP contribution is 2.20. The van der Waals surface area contributed by atoms with Crippen molar-refractivity contribution < 1.29 is 32.6 Å². The Labute approximate surface area is 219 Å². The maximum atomic E-state index is 13.5. The van der Waals surface area contributed by atoms with E-state index in [1.165, 1.54) is 35.7 Å². The Morgan fingerprint density at radius 3 is 2.11 bits per heavy atom. The van der Waals surface area contributed by atoms with Gasteiger partial charge in [-0.05, 0) is 62.9 Å². The number of nitrogens with one attached hydrogen (secondary N) is 1. The van der Waals surface area contributed by atoms with Gasteiger partial charge in [0.2, 0.25) is 10.0 Å². The molecule has 0 bridgehead atoms. The van der Waals surface area contributed by atoms with Gasteiger partial charge in [-0.15, -0.1) is 0 Å². The Kier molecular flexibility index (Phi) is 10.7. The molecule has 2 N–H and O–H groups in total. The summed E-state index contributed by atoms with van der Waals surface area (Å²) in [7, 11) is -2.78. The number of carbonyl (C=O) groups is 2. The van der Waals surface area contributed by atoms with E-state index in [0.717, 1.165) is 5.56 Å². The maximum Gasteiger partial charge on any atom is 0.407 e. The number of amides is 1. The Hall–Kier alpha value is -2.95. The zero-order valence-corrected chi connectivity index (χ0v) is 23.1. The summed E-state index contributed by atoms with van der Waals surface area (Å²) in [5.74, 6) is -0.613. The number of ether oxygens (including phenoxy) is 2. The highest BCUT2D eigenvalue weighted by Gasteiger charge is 2.32. The Morgan fingerprint density at radius 1 is 1.00 bits per heavy atom. The minimum atomic E-state index is -4.03. The molecule has 0 spiro atoms. The van der Waals surface area contributed by atoms with Crippen molar-refractivity contribution in [2.24, 2.45) is 5.92 Å². The van der Waals surface area contributed by atoms with Crippen LogP contribution in [0.1, 0.15) is 50.5 Å². The van der Waals surface area contributed by atoms with E-state index in [4.69, 9.17) is 4.74 Å². The van der Waals surface area contributed by atoms with Gasteiger partial charge >= 0.3 is 12.1 Å². The topological polar surface area (TPSA) is 122 Å². The number of aliphatic hydroxyl groups excluding tert-OH is 1. The van der Waals surface area contributed by atoms with Crippen LogP contribution in [0.15, 0.2) is 59.5 Å². The van der Waals surface area contributed by atoms with Crippen LogP contribution in [0.2, 0.25) is 0 Å². The number of carbonyl (C=O) groups excluding carboxylic acids is 2. The van der Waals surface area contributed by atoms with Crippen molar-refractivity contribution >= 4 is 22.1 Å². The van der Waals surface area contributed by atoms with E-state index in [9.17, 15) is 23.1 Å². The molecule has 0 aliphatic rings. The summed E-state index contributed by atoms with van der Waals surface area (Å²) in [5, 5.41) is 13.9. The molecule has 10 heteroatoms. The molecule has 9 nitrogen and oxygen atoms in total. The number of rotatable bonds is 11. The summed E-state index contributed by atoms with van der Waals surface area (Å²) in [6.45, 7) is 8.83. The summed E-state index contributed by atoms with van der Waals surface area (Å²) < 4.78 is 38.3. The van der Waals surface area contributed by atoms with Crippen LogP contribution in [-0.2, 0) is 25.9 Å². The van der Waals surface area contributed by atoms with Gasteiger partial charge in [-0.25, -0.2) is 18.0 Å². The Balaban J connectivity index is 2.33. The number of aliphatic hydroxyl groups is 1. The second-order valence-corrected chi connectivity index (χ2v) is 12.2. The van der Waals surface area contributed by atoms with Gasteiger partial charge in [-0.2, -0.15) is 4.31 Å². The third-order valence-electron chi connectivity index (χ3n) is 5.34. The molecule has 204 valence electrons. The number of nitrogens with zero attached hydrogens (tertiary/aromatic N) is 1. The smallest absolute Gasteiger partial charge is 0.407 e. The lowest BCUT2D eigenvalue weighted by atomic mass is 10.0. The quantitative estimate of drug-likeness (QED) is 0.422. The highest BCUT2D eigenvalue weighted by atomic mass is 32.2. The molecule has 0 heterocycles. The lowest BCUT2D eigenvalue weighted by Gasteiger charge is -2.31. The maximum absolute atomic E-state index is 13.5. The third kappa shape index (κ3) is 9.46. The van der Waals surface area contributed by atoms with E-state index < -0.39 is 39.8 Å². The van der Waals surface area contributed by atoms with Gasteiger partial charge in [0.05, 0.1) is 29.7 Å². The lowest BCUT2D eigenvalue weighted by Crippen LogP contribution is -2.51. The fraction of sp³-hybridized carbons (Fsp3) is 0.481. The highest BCUT2D eigenvalue weighted by molar-refractivity contribution is 7.89. The molecule has 0 saturated carbocycles. The predicted molar refractivity (Wildman–Crippen MR) is 141 cm³/mol. The predicted octanol–water partition coefficient (Wildman–Crippen LogP) is 3.62. The average Bonchev–Trinajstić information content (AvgIpc) is 2.82. The largest absolute Gasteiger partial charge is 0.465 e. The Bertz CT molecular complexity index is 1130. The number of hydrogen-bond donors (Lipinski definition) is 2. The zero-order chi connectivity index (χ0) is 27.8. The van der Waals surface area contributed by atoms with Crippen LogP contribution >= 0.6 is 0 Å². The van der Waals surface area contributed by atoms with Gasteiger partial charge < -0.3 is 19.9 Å². The number of alkyl carbamates (subject to hydrolysis) is 1. The third-order valence-corrected chi connectivity index (χ3v) is 7.18. The van der Waals surface area contributed by atoms with Crippen molar-refractivity contribution in [3.8, 4) is 0 Å². The van der Waals surface area contributed by atoms with E-state index in [1.807, 2.05) is 44.2 Å². The summed E-state index contributed by atoms with van der Waals surface area (Å²) in [4.78, 5) is 24.3. The number of methoxy groups -OCH3 is 1. The summed E-state index contributed by atoms with van der Waals surface area (Å²) in [6, 6.07) is 13.9. The van der Waals surface area contributed by atoms with Gasteiger partial charge in [-0.3, -0.25) is 0 Å². The van der Waals surface area contributed by atoms with Crippen molar-refractivity contribution in [1.82, 2.24) is 9.62 Å². The fourth-order valence-electron chi connectivity index (χ4n) is 3.65. The lowest BCUT2D eigenvalue weighted by molar-refractivity contribution is 0.0399. The molecule has 2 aromatic carbocycles. The SMILES string of the molecule is COC(=O)c1ccc(S(=O)(=O)N(CC(C)C)C[C@@H](O)[C@H](Cc2ccccc2)NC(=O)OC(C)(C)C)cc1. The first-order valence-corrected chi connectivity index (χ1v) is 13.6. The first-order chi connectivity index (χ1) is 17.2. The molecule has 0 fully saturated rings. The van der Waals surface area contributed by atoms with Crippen molar-refractivity contribution in [3.05, 3.63) is 65.7 Å². The minimum Gasteiger partial charge on any atom is -0.465 e. The molecule has 0 aromatic heterocycles. The summed E-state index contributed by atoms with van der Waals surface area (Å²) in [5.41, 5.74) is 0.344. The molecule has 2 aromatic rings.